The molecule has 6 heteroatoms. The maximum Gasteiger partial charge on any atom is 0.200 e. The van der Waals surface area contributed by atoms with E-state index in [1.165, 1.54) is 6.07 Å². The summed E-state index contributed by atoms with van der Waals surface area (Å²) in [6.07, 6.45) is 0. The Morgan fingerprint density at radius 3 is 2.60 bits per heavy atom. The van der Waals surface area contributed by atoms with Crippen molar-refractivity contribution in [3.63, 3.8) is 0 Å². The number of hydrogen-bond donors (Lipinski definition) is 1. The predicted octanol–water partition coefficient (Wildman–Crippen LogP) is 1.31. The van der Waals surface area contributed by atoms with Crippen LogP contribution in [-0.2, 0) is 0 Å². The molecule has 0 atom stereocenters. The minimum Gasteiger partial charge on any atom is -0.489 e. The summed E-state index contributed by atoms with van der Waals surface area (Å²) in [5.41, 5.74) is 0.672. The van der Waals surface area contributed by atoms with E-state index < -0.39 is 11.6 Å². The number of benzene rings is 1. The Balaban J connectivity index is 2.11. The summed E-state index contributed by atoms with van der Waals surface area (Å²) in [7, 11) is 3.80. The summed E-state index contributed by atoms with van der Waals surface area (Å²) in [4.78, 5) is 3.95. The van der Waals surface area contributed by atoms with Crippen LogP contribution >= 0.6 is 0 Å². The highest BCUT2D eigenvalue weighted by Crippen LogP contribution is 2.27. The average Bonchev–Trinajstić information content (AvgIpc) is 2.44. The Bertz CT molecular complexity index is 448. The van der Waals surface area contributed by atoms with Crippen LogP contribution in [0, 0.1) is 11.6 Å². The van der Waals surface area contributed by atoms with Gasteiger partial charge < -0.3 is 19.9 Å². The summed E-state index contributed by atoms with van der Waals surface area (Å²) in [5, 5.41) is 3.23. The molecule has 0 saturated carbocycles. The molecular weight excluding hydrogens is 264 g/mol. The van der Waals surface area contributed by atoms with Crippen LogP contribution in [0.3, 0.4) is 0 Å². The zero-order chi connectivity index (χ0) is 14.5. The van der Waals surface area contributed by atoms with E-state index in [1.807, 2.05) is 23.9 Å². The Labute approximate surface area is 118 Å². The molecule has 0 spiro atoms. The second kappa shape index (κ2) is 6.85. The molecule has 1 aliphatic heterocycles. The third-order valence-corrected chi connectivity index (χ3v) is 3.26. The molecule has 1 saturated heterocycles. The molecule has 1 aromatic rings. The summed E-state index contributed by atoms with van der Waals surface area (Å²) in [6.45, 7) is 4.23. The highest BCUT2D eigenvalue weighted by molar-refractivity contribution is 5.52. The van der Waals surface area contributed by atoms with Crippen molar-refractivity contribution in [1.82, 2.24) is 10.2 Å². The normalized spacial score (nSPS) is 15.8. The van der Waals surface area contributed by atoms with E-state index in [2.05, 4.69) is 5.32 Å². The quantitative estimate of drug-likeness (QED) is 0.883. The van der Waals surface area contributed by atoms with Crippen molar-refractivity contribution < 1.29 is 13.5 Å². The molecule has 1 N–H and O–H groups in total. The second-order valence-corrected chi connectivity index (χ2v) is 5.13. The lowest BCUT2D eigenvalue weighted by molar-refractivity contribution is 0.249. The van der Waals surface area contributed by atoms with Gasteiger partial charge in [0.05, 0.1) is 0 Å². The summed E-state index contributed by atoms with van der Waals surface area (Å²) in [6, 6.07) is 2.82. The predicted molar refractivity (Wildman–Crippen MR) is 75.5 cm³/mol. The number of nitrogens with one attached hydrogen (secondary N) is 1. The van der Waals surface area contributed by atoms with Crippen LogP contribution in [0.25, 0.3) is 0 Å². The highest BCUT2D eigenvalue weighted by Gasteiger charge is 2.17. The van der Waals surface area contributed by atoms with Crippen molar-refractivity contribution in [2.75, 3.05) is 58.3 Å². The molecule has 1 fully saturated rings. The van der Waals surface area contributed by atoms with E-state index in [4.69, 9.17) is 4.74 Å². The number of piperazine rings is 1. The molecular formula is C14H21F2N3O. The third kappa shape index (κ3) is 3.80. The molecule has 0 amide bonds. The van der Waals surface area contributed by atoms with Gasteiger partial charge in [-0.3, -0.25) is 0 Å². The first kappa shape index (κ1) is 15.0. The van der Waals surface area contributed by atoms with Crippen molar-refractivity contribution in [2.24, 2.45) is 0 Å². The smallest absolute Gasteiger partial charge is 0.200 e. The zero-order valence-electron chi connectivity index (χ0n) is 12.0. The van der Waals surface area contributed by atoms with Crippen LogP contribution in [0.2, 0.25) is 0 Å². The molecule has 0 radical (unpaired) electrons. The largest absolute Gasteiger partial charge is 0.489 e. The van der Waals surface area contributed by atoms with Gasteiger partial charge in [0.15, 0.2) is 11.6 Å². The number of hydrogen-bond acceptors (Lipinski definition) is 4. The summed E-state index contributed by atoms with van der Waals surface area (Å²) in [5.74, 6) is -1.79. The van der Waals surface area contributed by atoms with Gasteiger partial charge in [-0.1, -0.05) is 0 Å². The fourth-order valence-corrected chi connectivity index (χ4v) is 2.10. The maximum absolute atomic E-state index is 13.7. The summed E-state index contributed by atoms with van der Waals surface area (Å²) < 4.78 is 32.8. The molecule has 0 aliphatic carbocycles. The number of rotatable bonds is 5. The van der Waals surface area contributed by atoms with Gasteiger partial charge in [0, 0.05) is 50.5 Å². The molecule has 0 unspecified atom stereocenters. The van der Waals surface area contributed by atoms with Crippen LogP contribution in [0.5, 0.6) is 5.75 Å². The van der Waals surface area contributed by atoms with E-state index in [-0.39, 0.29) is 5.75 Å². The fourth-order valence-electron chi connectivity index (χ4n) is 2.10. The SMILES string of the molecule is CN(C)CCOc1cc(N2CCNCC2)cc(F)c1F. The van der Waals surface area contributed by atoms with Crippen LogP contribution in [0.15, 0.2) is 12.1 Å². The number of ether oxygens (including phenoxy) is 1. The molecule has 112 valence electrons. The molecule has 20 heavy (non-hydrogen) atoms. The van der Waals surface area contributed by atoms with Gasteiger partial charge in [-0.2, -0.15) is 4.39 Å². The topological polar surface area (TPSA) is 27.7 Å². The lowest BCUT2D eigenvalue weighted by Crippen LogP contribution is -2.43. The molecule has 0 bridgehead atoms. The van der Waals surface area contributed by atoms with Gasteiger partial charge in [-0.05, 0) is 14.1 Å². The lowest BCUT2D eigenvalue weighted by Gasteiger charge is -2.29. The first-order chi connectivity index (χ1) is 9.58. The number of halogens is 2. The maximum atomic E-state index is 13.7. The van der Waals surface area contributed by atoms with Gasteiger partial charge in [0.25, 0.3) is 0 Å². The highest BCUT2D eigenvalue weighted by atomic mass is 19.2. The van der Waals surface area contributed by atoms with Gasteiger partial charge in [0.1, 0.15) is 6.61 Å². The standard InChI is InChI=1S/C14H21F2N3O/c1-18(2)7-8-20-13-10-11(9-12(15)14(13)16)19-5-3-17-4-6-19/h9-10,17H,3-8H2,1-2H3. The minimum absolute atomic E-state index is 0.0135. The Morgan fingerprint density at radius 2 is 1.95 bits per heavy atom. The average molecular weight is 285 g/mol. The number of nitrogens with zero attached hydrogens (tertiary/aromatic N) is 2. The Morgan fingerprint density at radius 1 is 1.25 bits per heavy atom. The van der Waals surface area contributed by atoms with Crippen molar-refractivity contribution in [2.45, 2.75) is 0 Å². The van der Waals surface area contributed by atoms with E-state index in [0.717, 1.165) is 26.2 Å². The Hall–Kier alpha value is -1.40. The van der Waals surface area contributed by atoms with Crippen LogP contribution in [-0.4, -0.2) is 58.3 Å². The monoisotopic (exact) mass is 285 g/mol. The molecule has 0 aromatic heterocycles. The van der Waals surface area contributed by atoms with E-state index in [1.54, 1.807) is 6.07 Å². The second-order valence-electron chi connectivity index (χ2n) is 5.13. The van der Waals surface area contributed by atoms with E-state index in [9.17, 15) is 8.78 Å². The van der Waals surface area contributed by atoms with E-state index in [0.29, 0.717) is 18.8 Å². The zero-order valence-corrected chi connectivity index (χ0v) is 12.0. The van der Waals surface area contributed by atoms with Crippen molar-refractivity contribution >= 4 is 5.69 Å². The lowest BCUT2D eigenvalue weighted by atomic mass is 10.2. The van der Waals surface area contributed by atoms with Crippen LogP contribution in [0.1, 0.15) is 0 Å². The summed E-state index contributed by atoms with van der Waals surface area (Å²) >= 11 is 0. The molecule has 4 nitrogen and oxygen atoms in total. The number of anilines is 1. The van der Waals surface area contributed by atoms with Crippen LogP contribution in [0.4, 0.5) is 14.5 Å². The van der Waals surface area contributed by atoms with Gasteiger partial charge in [-0.25, -0.2) is 4.39 Å². The molecule has 1 heterocycles. The van der Waals surface area contributed by atoms with Crippen molar-refractivity contribution in [3.8, 4) is 5.75 Å². The molecule has 1 aromatic carbocycles. The molecule has 2 rings (SSSR count). The van der Waals surface area contributed by atoms with Gasteiger partial charge in [-0.15, -0.1) is 0 Å². The first-order valence-electron chi connectivity index (χ1n) is 6.80. The van der Waals surface area contributed by atoms with E-state index >= 15 is 0 Å². The van der Waals surface area contributed by atoms with Crippen molar-refractivity contribution in [1.29, 1.82) is 0 Å². The van der Waals surface area contributed by atoms with Crippen LogP contribution < -0.4 is 15.0 Å². The minimum atomic E-state index is -0.914. The molecule has 1 aliphatic rings. The fraction of sp³-hybridized carbons (Fsp3) is 0.571. The first-order valence-corrected chi connectivity index (χ1v) is 6.80. The Kier molecular flexibility index (Phi) is 5.14. The van der Waals surface area contributed by atoms with Crippen molar-refractivity contribution in [3.05, 3.63) is 23.8 Å². The van der Waals surface area contributed by atoms with Gasteiger partial charge >= 0.3 is 0 Å². The van der Waals surface area contributed by atoms with Gasteiger partial charge in [0.2, 0.25) is 5.82 Å². The number of likely N-dealkylation sites (N-methyl/N-ethyl adjacent to an activating group) is 1. The third-order valence-electron chi connectivity index (χ3n) is 3.26.